The molecule has 1 rings (SSSR count). The van der Waals surface area contributed by atoms with E-state index < -0.39 is 0 Å². The Morgan fingerprint density at radius 3 is 2.78 bits per heavy atom. The van der Waals surface area contributed by atoms with Crippen molar-refractivity contribution < 1.29 is 4.74 Å². The van der Waals surface area contributed by atoms with Crippen LogP contribution in [-0.2, 0) is 4.74 Å². The highest BCUT2D eigenvalue weighted by molar-refractivity contribution is 4.71. The maximum absolute atomic E-state index is 5.69. The van der Waals surface area contributed by atoms with Crippen molar-refractivity contribution in [2.45, 2.75) is 64.0 Å². The normalized spacial score (nSPS) is 21.7. The van der Waals surface area contributed by atoms with Crippen molar-refractivity contribution in [3.05, 3.63) is 0 Å². The van der Waals surface area contributed by atoms with Crippen LogP contribution in [-0.4, -0.2) is 50.8 Å². The van der Waals surface area contributed by atoms with Gasteiger partial charge in [-0.3, -0.25) is 0 Å². The van der Waals surface area contributed by atoms with Crippen LogP contribution in [0.2, 0.25) is 0 Å². The maximum atomic E-state index is 5.69. The van der Waals surface area contributed by atoms with Crippen LogP contribution in [0.25, 0.3) is 0 Å². The van der Waals surface area contributed by atoms with Gasteiger partial charge in [0.15, 0.2) is 0 Å². The molecule has 0 radical (unpaired) electrons. The lowest BCUT2D eigenvalue weighted by Gasteiger charge is -2.21. The molecule has 18 heavy (non-hydrogen) atoms. The first-order valence-electron chi connectivity index (χ1n) is 7.72. The van der Waals surface area contributed by atoms with Gasteiger partial charge >= 0.3 is 0 Å². The molecule has 0 aromatic rings. The predicted octanol–water partition coefficient (Wildman–Crippen LogP) is 2.66. The topological polar surface area (TPSA) is 24.5 Å². The third-order valence-electron chi connectivity index (χ3n) is 3.71. The lowest BCUT2D eigenvalue weighted by molar-refractivity contribution is 0.101. The van der Waals surface area contributed by atoms with Gasteiger partial charge < -0.3 is 15.0 Å². The van der Waals surface area contributed by atoms with E-state index in [0.717, 1.165) is 13.2 Å². The van der Waals surface area contributed by atoms with E-state index in [4.69, 9.17) is 4.74 Å². The summed E-state index contributed by atoms with van der Waals surface area (Å²) in [7, 11) is 4.31. The minimum atomic E-state index is 0.561. The summed E-state index contributed by atoms with van der Waals surface area (Å²) in [5, 5.41) is 3.68. The number of nitrogens with one attached hydrogen (secondary N) is 1. The van der Waals surface area contributed by atoms with Gasteiger partial charge in [0.05, 0.1) is 6.10 Å². The van der Waals surface area contributed by atoms with Crippen molar-refractivity contribution in [1.82, 2.24) is 10.2 Å². The average molecular weight is 256 g/mol. The quantitative estimate of drug-likeness (QED) is 0.650. The number of hydrogen-bond acceptors (Lipinski definition) is 3. The number of ether oxygens (including phenoxy) is 1. The van der Waals surface area contributed by atoms with E-state index >= 15 is 0 Å². The lowest BCUT2D eigenvalue weighted by Crippen LogP contribution is -2.33. The van der Waals surface area contributed by atoms with E-state index in [1.165, 1.54) is 51.5 Å². The molecule has 0 aliphatic carbocycles. The summed E-state index contributed by atoms with van der Waals surface area (Å²) in [6.07, 6.45) is 9.46. The largest absolute Gasteiger partial charge is 0.378 e. The molecule has 1 fully saturated rings. The molecule has 3 heteroatoms. The van der Waals surface area contributed by atoms with Crippen molar-refractivity contribution in [3.8, 4) is 0 Å². The van der Waals surface area contributed by atoms with Gasteiger partial charge in [-0.1, -0.05) is 6.92 Å². The molecular weight excluding hydrogens is 224 g/mol. The van der Waals surface area contributed by atoms with E-state index in [-0.39, 0.29) is 0 Å². The number of rotatable bonds is 10. The molecule has 2 atom stereocenters. The van der Waals surface area contributed by atoms with Crippen LogP contribution in [0.4, 0.5) is 0 Å². The van der Waals surface area contributed by atoms with Crippen LogP contribution >= 0.6 is 0 Å². The van der Waals surface area contributed by atoms with Gasteiger partial charge in [0.25, 0.3) is 0 Å². The lowest BCUT2D eigenvalue weighted by atomic mass is 10.0. The second kappa shape index (κ2) is 9.76. The van der Waals surface area contributed by atoms with Gasteiger partial charge in [-0.2, -0.15) is 0 Å². The fourth-order valence-corrected chi connectivity index (χ4v) is 2.57. The average Bonchev–Trinajstić information content (AvgIpc) is 2.84. The van der Waals surface area contributed by atoms with E-state index in [1.807, 2.05) is 0 Å². The Morgan fingerprint density at radius 2 is 2.17 bits per heavy atom. The monoisotopic (exact) mass is 256 g/mol. The molecule has 1 saturated heterocycles. The number of nitrogens with zero attached hydrogens (tertiary/aromatic N) is 1. The van der Waals surface area contributed by atoms with Gasteiger partial charge in [0.2, 0.25) is 0 Å². The molecule has 2 unspecified atom stereocenters. The summed E-state index contributed by atoms with van der Waals surface area (Å²) in [4.78, 5) is 2.28. The Bertz CT molecular complexity index is 191. The maximum Gasteiger partial charge on any atom is 0.0576 e. The summed E-state index contributed by atoms with van der Waals surface area (Å²) >= 11 is 0. The summed E-state index contributed by atoms with van der Waals surface area (Å²) in [6.45, 7) is 5.56. The van der Waals surface area contributed by atoms with Crippen LogP contribution < -0.4 is 5.32 Å². The van der Waals surface area contributed by atoms with Gasteiger partial charge in [0.1, 0.15) is 0 Å². The highest BCUT2D eigenvalue weighted by Crippen LogP contribution is 2.18. The minimum Gasteiger partial charge on any atom is -0.378 e. The molecular formula is C15H32N2O. The number of hydrogen-bond donors (Lipinski definition) is 1. The zero-order valence-electron chi connectivity index (χ0n) is 12.6. The molecule has 1 aliphatic heterocycles. The van der Waals surface area contributed by atoms with Crippen LogP contribution in [0.15, 0.2) is 0 Å². The molecule has 0 aromatic carbocycles. The predicted molar refractivity (Wildman–Crippen MR) is 78.1 cm³/mol. The molecule has 1 heterocycles. The minimum absolute atomic E-state index is 0.561. The molecule has 0 spiro atoms. The molecule has 0 aromatic heterocycles. The summed E-state index contributed by atoms with van der Waals surface area (Å²) < 4.78 is 5.69. The van der Waals surface area contributed by atoms with E-state index in [2.05, 4.69) is 31.2 Å². The van der Waals surface area contributed by atoms with Crippen LogP contribution in [0.5, 0.6) is 0 Å². The fraction of sp³-hybridized carbons (Fsp3) is 1.00. The molecule has 0 bridgehead atoms. The van der Waals surface area contributed by atoms with Gasteiger partial charge in [-0.25, -0.2) is 0 Å². The molecule has 108 valence electrons. The van der Waals surface area contributed by atoms with E-state index in [9.17, 15) is 0 Å². The molecule has 1 N–H and O–H groups in total. The first kappa shape index (κ1) is 15.9. The second-order valence-electron chi connectivity index (χ2n) is 5.81. The van der Waals surface area contributed by atoms with Crippen molar-refractivity contribution in [3.63, 3.8) is 0 Å². The first-order valence-corrected chi connectivity index (χ1v) is 7.72. The van der Waals surface area contributed by atoms with Crippen molar-refractivity contribution in [2.75, 3.05) is 33.8 Å². The highest BCUT2D eigenvalue weighted by Gasteiger charge is 2.16. The van der Waals surface area contributed by atoms with Crippen molar-refractivity contribution in [2.24, 2.45) is 0 Å². The zero-order chi connectivity index (χ0) is 13.2. The summed E-state index contributed by atoms with van der Waals surface area (Å²) in [6, 6.07) is 0.689. The Hall–Kier alpha value is -0.120. The smallest absolute Gasteiger partial charge is 0.0576 e. The van der Waals surface area contributed by atoms with E-state index in [0.29, 0.717) is 12.1 Å². The highest BCUT2D eigenvalue weighted by atomic mass is 16.5. The molecule has 1 aliphatic rings. The Balaban J connectivity index is 2.12. The zero-order valence-corrected chi connectivity index (χ0v) is 12.6. The Kier molecular flexibility index (Phi) is 8.64. The second-order valence-corrected chi connectivity index (χ2v) is 5.81. The third kappa shape index (κ3) is 7.34. The summed E-state index contributed by atoms with van der Waals surface area (Å²) in [5.41, 5.74) is 0. The van der Waals surface area contributed by atoms with Gasteiger partial charge in [-0.15, -0.1) is 0 Å². The van der Waals surface area contributed by atoms with Crippen molar-refractivity contribution in [1.29, 1.82) is 0 Å². The Morgan fingerprint density at radius 1 is 1.33 bits per heavy atom. The first-order chi connectivity index (χ1) is 8.72. The van der Waals surface area contributed by atoms with Crippen molar-refractivity contribution >= 4 is 0 Å². The van der Waals surface area contributed by atoms with Gasteiger partial charge in [0, 0.05) is 12.6 Å². The van der Waals surface area contributed by atoms with Gasteiger partial charge in [-0.05, 0) is 72.1 Å². The Labute approximate surface area is 113 Å². The summed E-state index contributed by atoms with van der Waals surface area (Å²) in [5.74, 6) is 0. The van der Waals surface area contributed by atoms with Crippen LogP contribution in [0.1, 0.15) is 51.9 Å². The fourth-order valence-electron chi connectivity index (χ4n) is 2.57. The standard InChI is InChI=1S/C15H32N2O/c1-4-11-16-14(10-12-17(2)3)7-5-8-15-9-6-13-18-15/h14-16H,4-13H2,1-3H3. The molecule has 0 amide bonds. The third-order valence-corrected chi connectivity index (χ3v) is 3.71. The SMILES string of the molecule is CCCNC(CCCC1CCCO1)CCN(C)C. The molecule has 0 saturated carbocycles. The van der Waals surface area contributed by atoms with Crippen LogP contribution in [0.3, 0.4) is 0 Å². The molecule has 3 nitrogen and oxygen atoms in total. The van der Waals surface area contributed by atoms with Crippen LogP contribution in [0, 0.1) is 0 Å². The van der Waals surface area contributed by atoms with E-state index in [1.54, 1.807) is 0 Å².